The minimum absolute atomic E-state index is 0.0108. The summed E-state index contributed by atoms with van der Waals surface area (Å²) in [7, 11) is 0. The molecule has 0 heterocycles. The quantitative estimate of drug-likeness (QED) is 0.147. The lowest BCUT2D eigenvalue weighted by atomic mass is 9.99. The van der Waals surface area contributed by atoms with Crippen molar-refractivity contribution >= 4 is 42.3 Å². The van der Waals surface area contributed by atoms with E-state index in [9.17, 15) is 34.2 Å². The van der Waals surface area contributed by atoms with Gasteiger partial charge in [0, 0.05) is 12.2 Å². The summed E-state index contributed by atoms with van der Waals surface area (Å²) in [6, 6.07) is 0.735. The number of nitrogens with two attached hydrogens (primary N) is 1. The third-order valence-electron chi connectivity index (χ3n) is 5.33. The molecule has 0 radical (unpaired) electrons. The summed E-state index contributed by atoms with van der Waals surface area (Å²) in [6.45, 7) is 3.44. The van der Waals surface area contributed by atoms with E-state index in [0.29, 0.717) is 12.0 Å². The number of carboxylic acid groups (broad SMARTS) is 2. The second-order valence-corrected chi connectivity index (χ2v) is 8.46. The highest BCUT2D eigenvalue weighted by molar-refractivity contribution is 7.80. The number of hydrogen-bond acceptors (Lipinski definition) is 8. The highest BCUT2D eigenvalue weighted by Crippen LogP contribution is 2.12. The SMILES string of the molecule is CCC(C)C(NC(=O)C(CS)NC(=O)C(Cc1ccc(O)cc1)NC(=O)C(N)CC(=O)O)C(=O)O. The Hall–Kier alpha value is -3.32. The fraction of sp³-hybridized carbons (Fsp3) is 0.500. The number of phenols is 1. The van der Waals surface area contributed by atoms with Crippen LogP contribution in [-0.2, 0) is 30.4 Å². The molecule has 12 nitrogen and oxygen atoms in total. The first-order chi connectivity index (χ1) is 16.4. The predicted molar refractivity (Wildman–Crippen MR) is 129 cm³/mol. The Labute approximate surface area is 208 Å². The Morgan fingerprint density at radius 1 is 0.943 bits per heavy atom. The van der Waals surface area contributed by atoms with Crippen LogP contribution in [0.4, 0.5) is 0 Å². The highest BCUT2D eigenvalue weighted by atomic mass is 32.1. The van der Waals surface area contributed by atoms with Crippen molar-refractivity contribution in [2.75, 3.05) is 5.75 Å². The standard InChI is InChI=1S/C22H32N4O8S/c1-3-11(2)18(22(33)34)26-21(32)16(10-35)25-20(31)15(8-12-4-6-13(27)7-5-12)24-19(30)14(23)9-17(28)29/h4-7,11,14-16,18,27,35H,3,8-10,23H2,1-2H3,(H,24,30)(H,25,31)(H,26,32)(H,28,29)(H,33,34). The Morgan fingerprint density at radius 2 is 1.49 bits per heavy atom. The van der Waals surface area contributed by atoms with E-state index in [1.807, 2.05) is 0 Å². The van der Waals surface area contributed by atoms with E-state index < -0.39 is 60.2 Å². The van der Waals surface area contributed by atoms with Gasteiger partial charge in [0.1, 0.15) is 23.9 Å². The van der Waals surface area contributed by atoms with Gasteiger partial charge < -0.3 is 37.0 Å². The molecule has 13 heteroatoms. The number of rotatable bonds is 14. The Balaban J connectivity index is 3.05. The molecular formula is C22H32N4O8S. The van der Waals surface area contributed by atoms with Crippen molar-refractivity contribution in [1.82, 2.24) is 16.0 Å². The molecule has 1 rings (SSSR count). The molecule has 0 fully saturated rings. The molecule has 1 aromatic rings. The van der Waals surface area contributed by atoms with Gasteiger partial charge in [-0.05, 0) is 23.6 Å². The van der Waals surface area contributed by atoms with Crippen molar-refractivity contribution in [1.29, 1.82) is 0 Å². The summed E-state index contributed by atoms with van der Waals surface area (Å²) in [5.41, 5.74) is 6.14. The first-order valence-corrected chi connectivity index (χ1v) is 11.5. The van der Waals surface area contributed by atoms with Crippen LogP contribution in [0.3, 0.4) is 0 Å². The normalized spacial score (nSPS) is 15.1. The average Bonchev–Trinajstić information content (AvgIpc) is 2.80. The van der Waals surface area contributed by atoms with Crippen molar-refractivity contribution in [3.63, 3.8) is 0 Å². The van der Waals surface area contributed by atoms with Gasteiger partial charge in [-0.3, -0.25) is 19.2 Å². The number of carbonyl (C=O) groups is 5. The Bertz CT molecular complexity index is 911. The maximum atomic E-state index is 13.0. The minimum atomic E-state index is -1.42. The van der Waals surface area contributed by atoms with Crippen LogP contribution in [0.1, 0.15) is 32.3 Å². The summed E-state index contributed by atoms with van der Waals surface area (Å²) >= 11 is 4.07. The van der Waals surface area contributed by atoms with Crippen LogP contribution < -0.4 is 21.7 Å². The van der Waals surface area contributed by atoms with Crippen LogP contribution in [0, 0.1) is 5.92 Å². The van der Waals surface area contributed by atoms with Crippen LogP contribution >= 0.6 is 12.6 Å². The maximum absolute atomic E-state index is 13.0. The molecule has 5 unspecified atom stereocenters. The third-order valence-corrected chi connectivity index (χ3v) is 5.70. The number of nitrogens with one attached hydrogen (secondary N) is 3. The van der Waals surface area contributed by atoms with E-state index in [4.69, 9.17) is 10.8 Å². The topological polar surface area (TPSA) is 208 Å². The van der Waals surface area contributed by atoms with Crippen LogP contribution in [-0.4, -0.2) is 74.9 Å². The fourth-order valence-electron chi connectivity index (χ4n) is 3.04. The van der Waals surface area contributed by atoms with Crippen molar-refractivity contribution in [3.05, 3.63) is 29.8 Å². The Morgan fingerprint density at radius 3 is 1.97 bits per heavy atom. The zero-order chi connectivity index (χ0) is 26.7. The molecule has 5 atom stereocenters. The van der Waals surface area contributed by atoms with Gasteiger partial charge in [-0.25, -0.2) is 4.79 Å². The number of amides is 3. The molecule has 0 saturated heterocycles. The van der Waals surface area contributed by atoms with E-state index in [0.717, 1.165) is 0 Å². The molecule has 0 aliphatic rings. The van der Waals surface area contributed by atoms with Crippen molar-refractivity contribution in [3.8, 4) is 5.75 Å². The monoisotopic (exact) mass is 512 g/mol. The number of aromatic hydroxyl groups is 1. The summed E-state index contributed by atoms with van der Waals surface area (Å²) in [5, 5.41) is 35.0. The van der Waals surface area contributed by atoms with Gasteiger partial charge in [0.05, 0.1) is 12.5 Å². The average molecular weight is 513 g/mol. The summed E-state index contributed by atoms with van der Waals surface area (Å²) in [4.78, 5) is 60.5. The number of carboxylic acids is 2. The highest BCUT2D eigenvalue weighted by Gasteiger charge is 2.31. The van der Waals surface area contributed by atoms with Crippen LogP contribution in [0.15, 0.2) is 24.3 Å². The fourth-order valence-corrected chi connectivity index (χ4v) is 3.30. The third kappa shape index (κ3) is 9.83. The van der Waals surface area contributed by atoms with Crippen LogP contribution in [0.5, 0.6) is 5.75 Å². The minimum Gasteiger partial charge on any atom is -0.508 e. The number of benzene rings is 1. The number of hydrogen-bond donors (Lipinski definition) is 8. The van der Waals surface area contributed by atoms with E-state index in [1.165, 1.54) is 24.3 Å². The zero-order valence-electron chi connectivity index (χ0n) is 19.4. The number of carbonyl (C=O) groups excluding carboxylic acids is 3. The number of aliphatic carboxylic acids is 2. The molecule has 0 bridgehead atoms. The van der Waals surface area contributed by atoms with E-state index in [2.05, 4.69) is 28.6 Å². The molecule has 8 N–H and O–H groups in total. The lowest BCUT2D eigenvalue weighted by Crippen LogP contribution is -2.58. The predicted octanol–water partition coefficient (Wildman–Crippen LogP) is -0.748. The van der Waals surface area contributed by atoms with Crippen LogP contribution in [0.2, 0.25) is 0 Å². The van der Waals surface area contributed by atoms with E-state index in [1.54, 1.807) is 13.8 Å². The van der Waals surface area contributed by atoms with Gasteiger partial charge in [0.2, 0.25) is 17.7 Å². The van der Waals surface area contributed by atoms with Gasteiger partial charge in [-0.1, -0.05) is 32.4 Å². The molecule has 0 spiro atoms. The molecule has 194 valence electrons. The number of phenolic OH excluding ortho intramolecular Hbond substituents is 1. The largest absolute Gasteiger partial charge is 0.508 e. The number of thiol groups is 1. The van der Waals surface area contributed by atoms with Crippen LogP contribution in [0.25, 0.3) is 0 Å². The molecule has 1 aromatic carbocycles. The first kappa shape index (κ1) is 29.7. The molecule has 0 aromatic heterocycles. The van der Waals surface area contributed by atoms with Crippen molar-refractivity contribution in [2.45, 2.75) is 57.3 Å². The van der Waals surface area contributed by atoms with E-state index in [-0.39, 0.29) is 23.8 Å². The van der Waals surface area contributed by atoms with Gasteiger partial charge in [-0.2, -0.15) is 12.6 Å². The Kier molecular flexibility index (Phi) is 12.0. The maximum Gasteiger partial charge on any atom is 0.326 e. The lowest BCUT2D eigenvalue weighted by Gasteiger charge is -2.26. The zero-order valence-corrected chi connectivity index (χ0v) is 20.3. The second kappa shape index (κ2) is 14.2. The molecular weight excluding hydrogens is 480 g/mol. The smallest absolute Gasteiger partial charge is 0.326 e. The van der Waals surface area contributed by atoms with Gasteiger partial charge in [-0.15, -0.1) is 0 Å². The second-order valence-electron chi connectivity index (χ2n) is 8.09. The molecule has 0 saturated carbocycles. The first-order valence-electron chi connectivity index (χ1n) is 10.9. The molecule has 0 aliphatic carbocycles. The van der Waals surface area contributed by atoms with Crippen molar-refractivity contribution < 1.29 is 39.3 Å². The van der Waals surface area contributed by atoms with Crippen molar-refractivity contribution in [2.24, 2.45) is 11.7 Å². The molecule has 3 amide bonds. The summed E-state index contributed by atoms with van der Waals surface area (Å²) in [6.07, 6.45) is -0.233. The lowest BCUT2D eigenvalue weighted by molar-refractivity contribution is -0.143. The summed E-state index contributed by atoms with van der Waals surface area (Å²) in [5.74, 6) is -5.51. The van der Waals surface area contributed by atoms with Gasteiger partial charge in [0.25, 0.3) is 0 Å². The van der Waals surface area contributed by atoms with Gasteiger partial charge >= 0.3 is 11.9 Å². The molecule has 35 heavy (non-hydrogen) atoms. The van der Waals surface area contributed by atoms with Gasteiger partial charge in [0.15, 0.2) is 0 Å². The summed E-state index contributed by atoms with van der Waals surface area (Å²) < 4.78 is 0. The van der Waals surface area contributed by atoms with E-state index >= 15 is 0 Å². The molecule has 0 aliphatic heterocycles.